The molecule has 0 aromatic carbocycles. The first-order chi connectivity index (χ1) is 8.04. The predicted octanol–water partition coefficient (Wildman–Crippen LogP) is 0.652. The van der Waals surface area contributed by atoms with Gasteiger partial charge in [-0.3, -0.25) is 25.0 Å². The number of hydrogen-bond acceptors (Lipinski definition) is 7. The highest BCUT2D eigenvalue weighted by atomic mass is 32.2. The summed E-state index contributed by atoms with van der Waals surface area (Å²) < 4.78 is 0. The van der Waals surface area contributed by atoms with Gasteiger partial charge in [-0.05, 0) is 18.7 Å². The lowest BCUT2D eigenvalue weighted by molar-refractivity contribution is -0.116. The maximum Gasteiger partial charge on any atom is 0.290 e. The lowest BCUT2D eigenvalue weighted by Gasteiger charge is -1.94. The number of anilines is 1. The van der Waals surface area contributed by atoms with E-state index in [2.05, 4.69) is 20.8 Å². The van der Waals surface area contributed by atoms with Crippen molar-refractivity contribution in [3.8, 4) is 0 Å². The number of imide groups is 1. The van der Waals surface area contributed by atoms with Gasteiger partial charge >= 0.3 is 0 Å². The third-order valence-corrected chi connectivity index (χ3v) is 3.23. The van der Waals surface area contributed by atoms with Gasteiger partial charge in [0, 0.05) is 6.08 Å². The topological polar surface area (TPSA) is 101 Å². The minimum absolute atomic E-state index is 0.0636. The smallest absolute Gasteiger partial charge is 0.290 e. The van der Waals surface area contributed by atoms with Crippen LogP contribution in [-0.4, -0.2) is 27.3 Å². The SMILES string of the molecule is Cc1nnc(NC(=O)C=C2SC(=O)NC2=O)s1. The molecule has 2 rings (SSSR count). The van der Waals surface area contributed by atoms with E-state index in [-0.39, 0.29) is 4.91 Å². The predicted molar refractivity (Wildman–Crippen MR) is 62.5 cm³/mol. The number of carbonyl (C=O) groups is 3. The van der Waals surface area contributed by atoms with Gasteiger partial charge in [0.05, 0.1) is 4.91 Å². The van der Waals surface area contributed by atoms with E-state index < -0.39 is 17.1 Å². The molecule has 17 heavy (non-hydrogen) atoms. The summed E-state index contributed by atoms with van der Waals surface area (Å²) in [5.41, 5.74) is 0. The maximum atomic E-state index is 11.5. The fraction of sp³-hybridized carbons (Fsp3) is 0.125. The molecule has 0 atom stereocenters. The lowest BCUT2D eigenvalue weighted by atomic mass is 10.4. The first kappa shape index (κ1) is 11.7. The molecule has 1 aliphatic rings. The number of carbonyl (C=O) groups excluding carboxylic acids is 3. The number of aromatic nitrogens is 2. The number of aryl methyl sites for hydroxylation is 1. The first-order valence-corrected chi connectivity index (χ1v) is 6.04. The molecule has 0 aliphatic carbocycles. The van der Waals surface area contributed by atoms with Crippen molar-refractivity contribution >= 4 is 45.3 Å². The average Bonchev–Trinajstić information content (AvgIpc) is 2.74. The van der Waals surface area contributed by atoms with Gasteiger partial charge in [0.15, 0.2) is 0 Å². The van der Waals surface area contributed by atoms with E-state index >= 15 is 0 Å². The third-order valence-electron chi connectivity index (χ3n) is 1.66. The second kappa shape index (κ2) is 4.63. The molecule has 7 nitrogen and oxygen atoms in total. The van der Waals surface area contributed by atoms with Crippen LogP contribution in [0.3, 0.4) is 0 Å². The van der Waals surface area contributed by atoms with Gasteiger partial charge in [-0.2, -0.15) is 0 Å². The van der Waals surface area contributed by atoms with Crippen LogP contribution in [-0.2, 0) is 9.59 Å². The molecule has 0 unspecified atom stereocenters. The van der Waals surface area contributed by atoms with Crippen LogP contribution in [0.4, 0.5) is 9.93 Å². The summed E-state index contributed by atoms with van der Waals surface area (Å²) in [6.45, 7) is 1.75. The van der Waals surface area contributed by atoms with Gasteiger partial charge in [-0.15, -0.1) is 10.2 Å². The van der Waals surface area contributed by atoms with Crippen molar-refractivity contribution in [2.75, 3.05) is 5.32 Å². The molecule has 0 saturated carbocycles. The zero-order valence-corrected chi connectivity index (χ0v) is 10.1. The van der Waals surface area contributed by atoms with Crippen LogP contribution in [0, 0.1) is 6.92 Å². The molecular formula is C8H6N4O3S2. The normalized spacial score (nSPS) is 17.4. The molecule has 2 heterocycles. The van der Waals surface area contributed by atoms with Crippen LogP contribution in [0.25, 0.3) is 0 Å². The number of nitrogens with one attached hydrogen (secondary N) is 2. The minimum atomic E-state index is -0.566. The van der Waals surface area contributed by atoms with Crippen molar-refractivity contribution in [1.29, 1.82) is 0 Å². The van der Waals surface area contributed by atoms with Crippen molar-refractivity contribution in [2.24, 2.45) is 0 Å². The summed E-state index contributed by atoms with van der Waals surface area (Å²) in [7, 11) is 0. The zero-order chi connectivity index (χ0) is 12.4. The van der Waals surface area contributed by atoms with E-state index in [1.165, 1.54) is 11.3 Å². The Labute approximate surface area is 104 Å². The molecular weight excluding hydrogens is 264 g/mol. The molecule has 0 spiro atoms. The van der Waals surface area contributed by atoms with E-state index in [4.69, 9.17) is 0 Å². The van der Waals surface area contributed by atoms with E-state index in [9.17, 15) is 14.4 Å². The van der Waals surface area contributed by atoms with Gasteiger partial charge < -0.3 is 0 Å². The number of nitrogens with zero attached hydrogens (tertiary/aromatic N) is 2. The van der Waals surface area contributed by atoms with Crippen LogP contribution < -0.4 is 10.6 Å². The zero-order valence-electron chi connectivity index (χ0n) is 8.51. The Morgan fingerprint density at radius 2 is 2.18 bits per heavy atom. The van der Waals surface area contributed by atoms with E-state index in [1.54, 1.807) is 6.92 Å². The molecule has 88 valence electrons. The average molecular weight is 270 g/mol. The molecule has 1 aromatic heterocycles. The molecule has 1 aromatic rings. The molecule has 1 aliphatic heterocycles. The number of rotatable bonds is 2. The van der Waals surface area contributed by atoms with E-state index in [1.807, 2.05) is 0 Å². The van der Waals surface area contributed by atoms with Crippen LogP contribution in [0.2, 0.25) is 0 Å². The summed E-state index contributed by atoms with van der Waals surface area (Å²) in [5, 5.41) is 12.5. The fourth-order valence-corrected chi connectivity index (χ4v) is 2.28. The Balaban J connectivity index is 2.04. The quantitative estimate of drug-likeness (QED) is 0.765. The van der Waals surface area contributed by atoms with Gasteiger partial charge in [-0.25, -0.2) is 0 Å². The summed E-state index contributed by atoms with van der Waals surface area (Å²) in [6, 6.07) is 0. The molecule has 0 radical (unpaired) electrons. The molecule has 3 amide bonds. The molecule has 9 heteroatoms. The van der Waals surface area contributed by atoms with E-state index in [0.29, 0.717) is 16.9 Å². The van der Waals surface area contributed by atoms with Gasteiger partial charge in [0.2, 0.25) is 5.13 Å². The van der Waals surface area contributed by atoms with Crippen LogP contribution in [0.5, 0.6) is 0 Å². The second-order valence-corrected chi connectivity index (χ2v) is 5.16. The Kier molecular flexibility index (Phi) is 3.20. The highest BCUT2D eigenvalue weighted by Crippen LogP contribution is 2.23. The van der Waals surface area contributed by atoms with Crippen LogP contribution >= 0.6 is 23.1 Å². The monoisotopic (exact) mass is 270 g/mol. The summed E-state index contributed by atoms with van der Waals surface area (Å²) in [6.07, 6.45) is 1.06. The molecule has 0 bridgehead atoms. The van der Waals surface area contributed by atoms with E-state index in [0.717, 1.165) is 11.1 Å². The standard InChI is InChI=1S/C8H6N4O3S2/c1-3-11-12-7(16-3)9-5(13)2-4-6(14)10-8(15)17-4/h2H,1H3,(H,9,12,13)(H,10,14,15). The fourth-order valence-electron chi connectivity index (χ4n) is 1.03. The number of hydrogen-bond donors (Lipinski definition) is 2. The van der Waals surface area contributed by atoms with Crippen LogP contribution in [0.15, 0.2) is 11.0 Å². The highest BCUT2D eigenvalue weighted by molar-refractivity contribution is 8.18. The van der Waals surface area contributed by atoms with Crippen molar-refractivity contribution in [3.63, 3.8) is 0 Å². The maximum absolute atomic E-state index is 11.5. The summed E-state index contributed by atoms with van der Waals surface area (Å²) in [5.74, 6) is -1.09. The molecule has 1 fully saturated rings. The number of thioether (sulfide) groups is 1. The molecule has 1 saturated heterocycles. The highest BCUT2D eigenvalue weighted by Gasteiger charge is 2.26. The third kappa shape index (κ3) is 2.88. The van der Waals surface area contributed by atoms with Crippen molar-refractivity contribution in [3.05, 3.63) is 16.0 Å². The Morgan fingerprint density at radius 1 is 1.41 bits per heavy atom. The lowest BCUT2D eigenvalue weighted by Crippen LogP contribution is -2.18. The van der Waals surface area contributed by atoms with Crippen molar-refractivity contribution in [1.82, 2.24) is 15.5 Å². The van der Waals surface area contributed by atoms with Crippen molar-refractivity contribution in [2.45, 2.75) is 6.92 Å². The van der Waals surface area contributed by atoms with Gasteiger partial charge in [-0.1, -0.05) is 11.3 Å². The number of amides is 3. The molecule has 2 N–H and O–H groups in total. The summed E-state index contributed by atoms with van der Waals surface area (Å²) >= 11 is 1.90. The van der Waals surface area contributed by atoms with Crippen molar-refractivity contribution < 1.29 is 14.4 Å². The summed E-state index contributed by atoms with van der Waals surface area (Å²) in [4.78, 5) is 33.5. The minimum Gasteiger partial charge on any atom is -0.297 e. The Bertz CT molecular complexity index is 537. The second-order valence-electron chi connectivity index (χ2n) is 2.97. The Hall–Kier alpha value is -1.74. The van der Waals surface area contributed by atoms with Crippen LogP contribution in [0.1, 0.15) is 5.01 Å². The van der Waals surface area contributed by atoms with Gasteiger partial charge in [0.25, 0.3) is 17.1 Å². The first-order valence-electron chi connectivity index (χ1n) is 4.40. The Morgan fingerprint density at radius 3 is 2.71 bits per heavy atom. The largest absolute Gasteiger partial charge is 0.297 e. The van der Waals surface area contributed by atoms with Gasteiger partial charge in [0.1, 0.15) is 5.01 Å².